The van der Waals surface area contributed by atoms with Gasteiger partial charge in [-0.3, -0.25) is 9.58 Å². The predicted molar refractivity (Wildman–Crippen MR) is 88.0 cm³/mol. The number of pyridine rings is 1. The van der Waals surface area contributed by atoms with Crippen LogP contribution in [0.5, 0.6) is 0 Å². The fourth-order valence-corrected chi connectivity index (χ4v) is 3.59. The van der Waals surface area contributed by atoms with E-state index in [1.807, 2.05) is 20.2 Å². The molecule has 0 aromatic carbocycles. The Kier molecular flexibility index (Phi) is 3.58. The Balaban J connectivity index is 1.56. The van der Waals surface area contributed by atoms with Crippen molar-refractivity contribution < 1.29 is 5.11 Å². The number of H-pyrrole nitrogens is 1. The summed E-state index contributed by atoms with van der Waals surface area (Å²) in [6.07, 6.45) is 5.13. The molecular weight excluding hydrogens is 306 g/mol. The van der Waals surface area contributed by atoms with Crippen molar-refractivity contribution in [2.45, 2.75) is 31.9 Å². The van der Waals surface area contributed by atoms with E-state index < -0.39 is 5.60 Å². The summed E-state index contributed by atoms with van der Waals surface area (Å²) in [6, 6.07) is 2.15. The zero-order chi connectivity index (χ0) is 16.7. The number of nitrogens with zero attached hydrogens (tertiary/aromatic N) is 6. The lowest BCUT2D eigenvalue weighted by Gasteiger charge is -2.37. The number of aryl methyl sites for hydroxylation is 2. The molecule has 126 valence electrons. The summed E-state index contributed by atoms with van der Waals surface area (Å²) in [5, 5.41) is 26.9. The number of likely N-dealkylation sites (tertiary alicyclic amines) is 1. The first kappa shape index (κ1) is 15.2. The minimum absolute atomic E-state index is 0.545. The third kappa shape index (κ3) is 2.57. The number of rotatable bonds is 3. The van der Waals surface area contributed by atoms with Gasteiger partial charge >= 0.3 is 0 Å². The molecule has 8 heteroatoms. The van der Waals surface area contributed by atoms with Crippen LogP contribution in [0.25, 0.3) is 11.0 Å². The molecule has 2 N–H and O–H groups in total. The van der Waals surface area contributed by atoms with E-state index >= 15 is 0 Å². The molecule has 3 aromatic heterocycles. The monoisotopic (exact) mass is 327 g/mol. The van der Waals surface area contributed by atoms with E-state index in [1.165, 1.54) is 0 Å². The summed E-state index contributed by atoms with van der Waals surface area (Å²) in [4.78, 5) is 6.78. The molecule has 1 aliphatic heterocycles. The van der Waals surface area contributed by atoms with E-state index in [0.717, 1.165) is 41.8 Å². The molecule has 4 rings (SSSR count). The maximum absolute atomic E-state index is 10.9. The minimum Gasteiger partial charge on any atom is -0.382 e. The zero-order valence-corrected chi connectivity index (χ0v) is 13.9. The van der Waals surface area contributed by atoms with Crippen LogP contribution in [0, 0.1) is 6.92 Å². The number of aliphatic hydroxyl groups is 1. The summed E-state index contributed by atoms with van der Waals surface area (Å²) in [7, 11) is 1.91. The van der Waals surface area contributed by atoms with E-state index in [0.29, 0.717) is 18.7 Å². The summed E-state index contributed by atoms with van der Waals surface area (Å²) in [5.41, 5.74) is 2.69. The number of fused-ring (bicyclic) bond motifs is 1. The van der Waals surface area contributed by atoms with Gasteiger partial charge in [-0.15, -0.1) is 0 Å². The topological polar surface area (TPSA) is 95.8 Å². The third-order valence-corrected chi connectivity index (χ3v) is 4.77. The van der Waals surface area contributed by atoms with E-state index in [4.69, 9.17) is 0 Å². The maximum Gasteiger partial charge on any atom is 0.157 e. The van der Waals surface area contributed by atoms with Gasteiger partial charge < -0.3 is 5.11 Å². The second-order valence-electron chi connectivity index (χ2n) is 6.62. The van der Waals surface area contributed by atoms with Crippen LogP contribution in [0.3, 0.4) is 0 Å². The lowest BCUT2D eigenvalue weighted by molar-refractivity contribution is -0.0414. The van der Waals surface area contributed by atoms with Crippen molar-refractivity contribution in [3.05, 3.63) is 35.4 Å². The third-order valence-electron chi connectivity index (χ3n) is 4.77. The van der Waals surface area contributed by atoms with Gasteiger partial charge in [-0.1, -0.05) is 0 Å². The van der Waals surface area contributed by atoms with E-state index in [1.54, 1.807) is 10.9 Å². The minimum atomic E-state index is -0.938. The van der Waals surface area contributed by atoms with Gasteiger partial charge in [0.15, 0.2) is 5.65 Å². The van der Waals surface area contributed by atoms with Gasteiger partial charge in [0.25, 0.3) is 0 Å². The molecule has 0 aliphatic carbocycles. The van der Waals surface area contributed by atoms with Crippen molar-refractivity contribution in [1.82, 2.24) is 35.1 Å². The molecule has 1 atom stereocenters. The van der Waals surface area contributed by atoms with Crippen molar-refractivity contribution in [1.29, 1.82) is 0 Å². The molecule has 0 spiro atoms. The van der Waals surface area contributed by atoms with Gasteiger partial charge in [0, 0.05) is 31.7 Å². The second kappa shape index (κ2) is 5.64. The van der Waals surface area contributed by atoms with Crippen molar-refractivity contribution >= 4 is 11.0 Å². The van der Waals surface area contributed by atoms with Crippen LogP contribution < -0.4 is 0 Å². The normalized spacial score (nSPS) is 22.3. The molecule has 0 amide bonds. The van der Waals surface area contributed by atoms with Crippen molar-refractivity contribution in [2.24, 2.45) is 7.05 Å². The number of piperidine rings is 1. The van der Waals surface area contributed by atoms with Crippen LogP contribution in [-0.4, -0.2) is 53.3 Å². The Morgan fingerprint density at radius 2 is 2.25 bits per heavy atom. The quantitative estimate of drug-likeness (QED) is 0.741. The van der Waals surface area contributed by atoms with Crippen molar-refractivity contribution in [3.63, 3.8) is 0 Å². The highest BCUT2D eigenvalue weighted by atomic mass is 16.3. The standard InChI is InChI=1S/C16H21N7O/c1-11-13-6-12(7-17-15(13)22(2)20-11)9-23-5-3-4-16(24,10-23)14-8-18-21-19-14/h6-8,24H,3-5,9-10H2,1-2H3,(H,18,19,21). The van der Waals surface area contributed by atoms with Crippen LogP contribution in [0.2, 0.25) is 0 Å². The predicted octanol–water partition coefficient (Wildman–Crippen LogP) is 0.878. The summed E-state index contributed by atoms with van der Waals surface area (Å²) >= 11 is 0. The average molecular weight is 327 g/mol. The lowest BCUT2D eigenvalue weighted by atomic mass is 9.90. The maximum atomic E-state index is 10.9. The average Bonchev–Trinajstić information content (AvgIpc) is 3.18. The molecule has 1 aliphatic rings. The number of β-amino-alcohol motifs (C(OH)–C–C–N with tert-alkyl or cyclic N) is 1. The Bertz CT molecular complexity index is 857. The van der Waals surface area contributed by atoms with Gasteiger partial charge in [0.1, 0.15) is 11.3 Å². The van der Waals surface area contributed by atoms with Crippen molar-refractivity contribution in [2.75, 3.05) is 13.1 Å². The summed E-state index contributed by atoms with van der Waals surface area (Å²) < 4.78 is 1.80. The number of hydrogen-bond donors (Lipinski definition) is 2. The number of aromatic nitrogens is 6. The van der Waals surface area contributed by atoms with E-state index in [2.05, 4.69) is 36.5 Å². The highest BCUT2D eigenvalue weighted by Crippen LogP contribution is 2.30. The van der Waals surface area contributed by atoms with Crippen LogP contribution in [0.4, 0.5) is 0 Å². The number of nitrogens with one attached hydrogen (secondary N) is 1. The fraction of sp³-hybridized carbons (Fsp3) is 0.500. The Morgan fingerprint density at radius 3 is 3.04 bits per heavy atom. The Morgan fingerprint density at radius 1 is 1.38 bits per heavy atom. The lowest BCUT2D eigenvalue weighted by Crippen LogP contribution is -2.45. The largest absolute Gasteiger partial charge is 0.382 e. The van der Waals surface area contributed by atoms with E-state index in [-0.39, 0.29) is 0 Å². The SMILES string of the molecule is Cc1nn(C)c2ncc(CN3CCCC(O)(c4cn[nH]n4)C3)cc12. The fourth-order valence-electron chi connectivity index (χ4n) is 3.59. The molecule has 0 radical (unpaired) electrons. The first-order valence-corrected chi connectivity index (χ1v) is 8.14. The van der Waals surface area contributed by atoms with Gasteiger partial charge in [-0.25, -0.2) is 4.98 Å². The highest BCUT2D eigenvalue weighted by molar-refractivity contribution is 5.78. The first-order chi connectivity index (χ1) is 11.5. The van der Waals surface area contributed by atoms with Crippen LogP contribution >= 0.6 is 0 Å². The zero-order valence-electron chi connectivity index (χ0n) is 13.9. The molecule has 3 aromatic rings. The molecular formula is C16H21N7O. The molecule has 4 heterocycles. The molecule has 1 unspecified atom stereocenters. The first-order valence-electron chi connectivity index (χ1n) is 8.14. The van der Waals surface area contributed by atoms with Crippen LogP contribution in [0.15, 0.2) is 18.5 Å². The Hall–Kier alpha value is -2.32. The van der Waals surface area contributed by atoms with Gasteiger partial charge in [0.2, 0.25) is 0 Å². The molecule has 0 bridgehead atoms. The van der Waals surface area contributed by atoms with Gasteiger partial charge in [-0.2, -0.15) is 20.5 Å². The van der Waals surface area contributed by atoms with Crippen LogP contribution in [0.1, 0.15) is 29.8 Å². The van der Waals surface area contributed by atoms with Gasteiger partial charge in [0.05, 0.1) is 11.9 Å². The number of aromatic amines is 1. The van der Waals surface area contributed by atoms with Gasteiger partial charge in [-0.05, 0) is 37.9 Å². The van der Waals surface area contributed by atoms with Crippen molar-refractivity contribution in [3.8, 4) is 0 Å². The smallest absolute Gasteiger partial charge is 0.157 e. The summed E-state index contributed by atoms with van der Waals surface area (Å²) in [6.45, 7) is 4.24. The molecule has 24 heavy (non-hydrogen) atoms. The molecule has 1 fully saturated rings. The highest BCUT2D eigenvalue weighted by Gasteiger charge is 2.37. The number of hydrogen-bond acceptors (Lipinski definition) is 6. The molecule has 1 saturated heterocycles. The molecule has 0 saturated carbocycles. The second-order valence-corrected chi connectivity index (χ2v) is 6.62. The van der Waals surface area contributed by atoms with E-state index in [9.17, 15) is 5.11 Å². The summed E-state index contributed by atoms with van der Waals surface area (Å²) in [5.74, 6) is 0. The Labute approximate surface area is 139 Å². The van der Waals surface area contributed by atoms with Crippen LogP contribution in [-0.2, 0) is 19.2 Å². The molecule has 8 nitrogen and oxygen atoms in total.